The zero-order valence-electron chi connectivity index (χ0n) is 22.1. The van der Waals surface area contributed by atoms with E-state index in [9.17, 15) is 0 Å². The van der Waals surface area contributed by atoms with E-state index >= 15 is 0 Å². The van der Waals surface area contributed by atoms with E-state index in [4.69, 9.17) is 14.7 Å². The van der Waals surface area contributed by atoms with Gasteiger partial charge < -0.3 is 15.0 Å². The summed E-state index contributed by atoms with van der Waals surface area (Å²) in [7, 11) is 2.28. The maximum atomic E-state index is 5.52. The summed E-state index contributed by atoms with van der Waals surface area (Å²) in [5.74, 6) is 1.91. The van der Waals surface area contributed by atoms with Crippen molar-refractivity contribution >= 4 is 27.4 Å². The standard InChI is InChI=1S/C28H39N7OS/c1-18-17-37-28-26(18)27(30-20-3-5-22(6-4-20)35-23-12-24(35)16-33(2)15-23)31-25(32-28)11-19-13-29-34(14-19)21-7-9-36-10-8-21/h13-14,17,20-24H,3-12,15-16H2,1-2H3,(H,30,31,32). The normalized spacial score (nSPS) is 29.5. The molecule has 7 rings (SSSR count). The largest absolute Gasteiger partial charge is 0.381 e. The number of fused-ring (bicyclic) bond motifs is 3. The number of likely N-dealkylation sites (tertiary alicyclic amines) is 2. The molecule has 3 aromatic rings. The number of likely N-dealkylation sites (N-methyl/N-ethyl adjacent to an activating group) is 1. The number of rotatable bonds is 6. The monoisotopic (exact) mass is 521 g/mol. The Morgan fingerprint density at radius 3 is 2.57 bits per heavy atom. The second-order valence-corrected chi connectivity index (χ2v) is 12.7. The lowest BCUT2D eigenvalue weighted by Crippen LogP contribution is -2.70. The van der Waals surface area contributed by atoms with E-state index in [1.165, 1.54) is 61.7 Å². The Morgan fingerprint density at radius 2 is 1.78 bits per heavy atom. The Morgan fingerprint density at radius 1 is 1.00 bits per heavy atom. The molecule has 2 unspecified atom stereocenters. The van der Waals surface area contributed by atoms with Crippen LogP contribution in [0.3, 0.4) is 0 Å². The molecule has 37 heavy (non-hydrogen) atoms. The zero-order chi connectivity index (χ0) is 24.9. The molecular formula is C28H39N7OS. The first-order valence-electron chi connectivity index (χ1n) is 14.2. The molecule has 3 saturated heterocycles. The Labute approximate surface area is 223 Å². The summed E-state index contributed by atoms with van der Waals surface area (Å²) >= 11 is 1.73. The van der Waals surface area contributed by atoms with Crippen molar-refractivity contribution in [1.29, 1.82) is 0 Å². The molecule has 1 saturated carbocycles. The molecule has 1 aliphatic carbocycles. The molecule has 4 fully saturated rings. The fraction of sp³-hybridized carbons (Fsp3) is 0.679. The number of thiophene rings is 1. The fourth-order valence-corrected chi connectivity index (χ4v) is 8.21. The van der Waals surface area contributed by atoms with Gasteiger partial charge in [0.2, 0.25) is 0 Å². The summed E-state index contributed by atoms with van der Waals surface area (Å²) in [6.07, 6.45) is 13.4. The lowest BCUT2D eigenvalue weighted by atomic mass is 9.80. The molecule has 0 radical (unpaired) electrons. The minimum Gasteiger partial charge on any atom is -0.381 e. The average Bonchev–Trinajstić information content (AvgIpc) is 3.52. The number of ether oxygens (including phenoxy) is 1. The van der Waals surface area contributed by atoms with Crippen LogP contribution in [-0.2, 0) is 11.2 Å². The van der Waals surface area contributed by atoms with Crippen LogP contribution in [0.5, 0.6) is 0 Å². The third-order valence-electron chi connectivity index (χ3n) is 9.14. The topological polar surface area (TPSA) is 71.3 Å². The second kappa shape index (κ2) is 9.91. The maximum absolute atomic E-state index is 5.52. The summed E-state index contributed by atoms with van der Waals surface area (Å²) in [6.45, 7) is 6.33. The molecule has 0 amide bonds. The highest BCUT2D eigenvalue weighted by Gasteiger charge is 2.47. The van der Waals surface area contributed by atoms with Crippen molar-refractivity contribution < 1.29 is 4.74 Å². The fourth-order valence-electron chi connectivity index (χ4n) is 7.27. The molecular weight excluding hydrogens is 482 g/mol. The highest BCUT2D eigenvalue weighted by atomic mass is 32.1. The number of piperidine rings is 1. The number of piperazine rings is 1. The number of nitrogens with one attached hydrogen (secondary N) is 1. The Bertz CT molecular complexity index is 1230. The van der Waals surface area contributed by atoms with Crippen molar-refractivity contribution in [3.63, 3.8) is 0 Å². The third kappa shape index (κ3) is 4.68. The molecule has 2 bridgehead atoms. The molecule has 9 heteroatoms. The van der Waals surface area contributed by atoms with Crippen molar-refractivity contribution in [2.75, 3.05) is 38.7 Å². The van der Waals surface area contributed by atoms with Gasteiger partial charge in [0.15, 0.2) is 0 Å². The molecule has 4 aliphatic rings. The van der Waals surface area contributed by atoms with Crippen molar-refractivity contribution in [2.24, 2.45) is 0 Å². The van der Waals surface area contributed by atoms with Crippen molar-refractivity contribution in [3.05, 3.63) is 34.7 Å². The van der Waals surface area contributed by atoms with Gasteiger partial charge in [0, 0.05) is 63.1 Å². The Balaban J connectivity index is 1.04. The highest BCUT2D eigenvalue weighted by molar-refractivity contribution is 7.17. The van der Waals surface area contributed by atoms with Crippen LogP contribution in [0, 0.1) is 6.92 Å². The zero-order valence-corrected chi connectivity index (χ0v) is 22.9. The van der Waals surface area contributed by atoms with Gasteiger partial charge in [-0.05, 0) is 75.4 Å². The average molecular weight is 522 g/mol. The summed E-state index contributed by atoms with van der Waals surface area (Å²) in [6, 6.07) is 3.29. The van der Waals surface area contributed by atoms with Gasteiger partial charge in [-0.25, -0.2) is 9.97 Å². The molecule has 1 N–H and O–H groups in total. The Kier molecular flexibility index (Phi) is 6.43. The van der Waals surface area contributed by atoms with Crippen molar-refractivity contribution in [1.82, 2.24) is 29.5 Å². The van der Waals surface area contributed by atoms with Gasteiger partial charge in [0.05, 0.1) is 17.6 Å². The number of anilines is 1. The van der Waals surface area contributed by atoms with Gasteiger partial charge >= 0.3 is 0 Å². The van der Waals surface area contributed by atoms with Gasteiger partial charge in [-0.2, -0.15) is 5.10 Å². The molecule has 6 heterocycles. The second-order valence-electron chi connectivity index (χ2n) is 11.8. The smallest absolute Gasteiger partial charge is 0.139 e. The van der Waals surface area contributed by atoms with Gasteiger partial charge in [0.1, 0.15) is 16.5 Å². The maximum Gasteiger partial charge on any atom is 0.139 e. The van der Waals surface area contributed by atoms with Crippen LogP contribution in [0.25, 0.3) is 10.2 Å². The first-order valence-corrected chi connectivity index (χ1v) is 15.1. The molecule has 0 spiro atoms. The van der Waals surface area contributed by atoms with Crippen LogP contribution in [-0.4, -0.2) is 87.1 Å². The van der Waals surface area contributed by atoms with E-state index < -0.39 is 0 Å². The first-order chi connectivity index (χ1) is 18.1. The van der Waals surface area contributed by atoms with Crippen molar-refractivity contribution in [3.8, 4) is 0 Å². The number of nitrogens with zero attached hydrogens (tertiary/aromatic N) is 6. The molecule has 2 atom stereocenters. The summed E-state index contributed by atoms with van der Waals surface area (Å²) < 4.78 is 7.64. The lowest BCUT2D eigenvalue weighted by Gasteiger charge is -2.59. The van der Waals surface area contributed by atoms with Crippen LogP contribution in [0.1, 0.15) is 67.9 Å². The Hall–Kier alpha value is -2.07. The van der Waals surface area contributed by atoms with E-state index in [0.29, 0.717) is 18.5 Å². The number of hydrogen-bond donors (Lipinski definition) is 1. The van der Waals surface area contributed by atoms with Crippen molar-refractivity contribution in [2.45, 2.75) is 88.5 Å². The van der Waals surface area contributed by atoms with E-state index in [2.05, 4.69) is 50.4 Å². The predicted molar refractivity (Wildman–Crippen MR) is 147 cm³/mol. The number of aromatic nitrogens is 4. The highest BCUT2D eigenvalue weighted by Crippen LogP contribution is 2.39. The van der Waals surface area contributed by atoms with Crippen LogP contribution >= 0.6 is 11.3 Å². The summed E-state index contributed by atoms with van der Waals surface area (Å²) in [5, 5.41) is 12.0. The molecule has 0 aromatic carbocycles. The van der Waals surface area contributed by atoms with E-state index in [0.717, 1.165) is 60.7 Å². The van der Waals surface area contributed by atoms with E-state index in [-0.39, 0.29) is 0 Å². The molecule has 198 valence electrons. The van der Waals surface area contributed by atoms with Gasteiger partial charge in [0.25, 0.3) is 0 Å². The minimum absolute atomic E-state index is 0.440. The third-order valence-corrected chi connectivity index (χ3v) is 10.1. The SMILES string of the molecule is Cc1csc2nc(Cc3cnn(C4CCOCC4)c3)nc(NC3CCC(N4C5CC4CN(C)C5)CC3)c12. The summed E-state index contributed by atoms with van der Waals surface area (Å²) in [5.41, 5.74) is 2.45. The number of hydrogen-bond acceptors (Lipinski definition) is 8. The lowest BCUT2D eigenvalue weighted by molar-refractivity contribution is -0.0967. The quantitative estimate of drug-likeness (QED) is 0.520. The number of aryl methyl sites for hydroxylation is 1. The van der Waals surface area contributed by atoms with Crippen LogP contribution in [0.4, 0.5) is 5.82 Å². The van der Waals surface area contributed by atoms with Crippen LogP contribution in [0.15, 0.2) is 17.8 Å². The van der Waals surface area contributed by atoms with Crippen LogP contribution in [0.2, 0.25) is 0 Å². The predicted octanol–water partition coefficient (Wildman–Crippen LogP) is 4.25. The molecule has 8 nitrogen and oxygen atoms in total. The summed E-state index contributed by atoms with van der Waals surface area (Å²) in [4.78, 5) is 16.5. The molecule has 3 aromatic heterocycles. The molecule has 3 aliphatic heterocycles. The minimum atomic E-state index is 0.440. The first kappa shape index (κ1) is 24.0. The van der Waals surface area contributed by atoms with E-state index in [1.807, 2.05) is 6.20 Å². The van der Waals surface area contributed by atoms with Gasteiger partial charge in [-0.3, -0.25) is 9.58 Å². The van der Waals surface area contributed by atoms with Gasteiger partial charge in [-0.15, -0.1) is 11.3 Å². The van der Waals surface area contributed by atoms with E-state index in [1.54, 1.807) is 11.3 Å². The van der Waals surface area contributed by atoms with Gasteiger partial charge in [-0.1, -0.05) is 0 Å². The van der Waals surface area contributed by atoms with Crippen LogP contribution < -0.4 is 5.32 Å².